The van der Waals surface area contributed by atoms with Gasteiger partial charge in [-0.1, -0.05) is 13.3 Å². The van der Waals surface area contributed by atoms with Gasteiger partial charge < -0.3 is 19.6 Å². The Morgan fingerprint density at radius 3 is 2.65 bits per heavy atom. The molecule has 1 aromatic heterocycles. The zero-order valence-corrected chi connectivity index (χ0v) is 13.1. The van der Waals surface area contributed by atoms with Gasteiger partial charge in [-0.15, -0.1) is 0 Å². The van der Waals surface area contributed by atoms with Gasteiger partial charge in [0.05, 0.1) is 12.8 Å². The third-order valence-electron chi connectivity index (χ3n) is 3.34. The summed E-state index contributed by atoms with van der Waals surface area (Å²) in [7, 11) is 1.53. The third-order valence-corrected chi connectivity index (χ3v) is 3.34. The molecule has 122 valence electrons. The fourth-order valence-electron chi connectivity index (χ4n) is 2.12. The smallest absolute Gasteiger partial charge is 0.371 e. The maximum Gasteiger partial charge on any atom is 0.371 e. The number of rotatable bonds is 7. The van der Waals surface area contributed by atoms with Gasteiger partial charge in [-0.2, -0.15) is 0 Å². The first kappa shape index (κ1) is 16.6. The Kier molecular flexibility index (Phi) is 5.41. The summed E-state index contributed by atoms with van der Waals surface area (Å²) in [5.41, 5.74) is 1.12. The Bertz CT molecular complexity index is 705. The number of ether oxygens (including phenoxy) is 1. The van der Waals surface area contributed by atoms with Crippen molar-refractivity contribution in [2.45, 2.75) is 26.2 Å². The second-order valence-electron chi connectivity index (χ2n) is 5.03. The van der Waals surface area contributed by atoms with E-state index in [1.54, 1.807) is 24.3 Å². The summed E-state index contributed by atoms with van der Waals surface area (Å²) in [6.07, 6.45) is 2.15. The highest BCUT2D eigenvalue weighted by molar-refractivity contribution is 5.95. The molecule has 0 unspecified atom stereocenters. The predicted octanol–water partition coefficient (Wildman–Crippen LogP) is 3.78. The van der Waals surface area contributed by atoms with Crippen molar-refractivity contribution in [2.24, 2.45) is 0 Å². The van der Waals surface area contributed by atoms with E-state index < -0.39 is 5.97 Å². The molecule has 2 N–H and O–H groups in total. The highest BCUT2D eigenvalue weighted by Gasteiger charge is 2.15. The Morgan fingerprint density at radius 2 is 2.04 bits per heavy atom. The van der Waals surface area contributed by atoms with Gasteiger partial charge in [0.1, 0.15) is 11.5 Å². The van der Waals surface area contributed by atoms with Crippen LogP contribution in [0.1, 0.15) is 36.7 Å². The number of anilines is 1. The van der Waals surface area contributed by atoms with Gasteiger partial charge in [-0.05, 0) is 30.7 Å². The molecule has 0 saturated carbocycles. The van der Waals surface area contributed by atoms with E-state index in [2.05, 4.69) is 5.32 Å². The van der Waals surface area contributed by atoms with Crippen molar-refractivity contribution in [1.82, 2.24) is 0 Å². The van der Waals surface area contributed by atoms with Crippen LogP contribution in [-0.2, 0) is 4.79 Å². The van der Waals surface area contributed by atoms with Gasteiger partial charge in [0, 0.05) is 18.1 Å². The molecule has 0 bridgehead atoms. The van der Waals surface area contributed by atoms with Crippen LogP contribution in [0.2, 0.25) is 0 Å². The first-order valence-corrected chi connectivity index (χ1v) is 7.36. The van der Waals surface area contributed by atoms with Gasteiger partial charge >= 0.3 is 5.97 Å². The van der Waals surface area contributed by atoms with Crippen LogP contribution in [0.3, 0.4) is 0 Å². The Hall–Kier alpha value is -2.76. The monoisotopic (exact) mass is 317 g/mol. The van der Waals surface area contributed by atoms with Crippen LogP contribution < -0.4 is 10.1 Å². The summed E-state index contributed by atoms with van der Waals surface area (Å²) >= 11 is 0. The first-order chi connectivity index (χ1) is 11.0. The fraction of sp³-hybridized carbons (Fsp3) is 0.294. The number of carboxylic acids is 1. The molecule has 0 spiro atoms. The van der Waals surface area contributed by atoms with Gasteiger partial charge in [0.2, 0.25) is 11.7 Å². The van der Waals surface area contributed by atoms with E-state index in [1.807, 2.05) is 6.92 Å². The lowest BCUT2D eigenvalue weighted by Gasteiger charge is -2.11. The summed E-state index contributed by atoms with van der Waals surface area (Å²) < 4.78 is 10.5. The number of carbonyl (C=O) groups is 2. The van der Waals surface area contributed by atoms with Crippen molar-refractivity contribution in [3.8, 4) is 17.1 Å². The molecule has 0 aliphatic carbocycles. The van der Waals surface area contributed by atoms with Crippen molar-refractivity contribution in [2.75, 3.05) is 12.4 Å². The van der Waals surface area contributed by atoms with Crippen LogP contribution >= 0.6 is 0 Å². The lowest BCUT2D eigenvalue weighted by Crippen LogP contribution is -2.11. The van der Waals surface area contributed by atoms with E-state index in [0.29, 0.717) is 29.2 Å². The number of nitrogens with one attached hydrogen (secondary N) is 1. The molecule has 2 aromatic rings. The van der Waals surface area contributed by atoms with E-state index in [0.717, 1.165) is 12.8 Å². The van der Waals surface area contributed by atoms with Crippen molar-refractivity contribution in [1.29, 1.82) is 0 Å². The molecular formula is C17H19NO5. The van der Waals surface area contributed by atoms with Crippen molar-refractivity contribution in [3.63, 3.8) is 0 Å². The standard InChI is InChI=1S/C17H19NO5/c1-3-4-5-16(19)18-13-10-11(22-2)6-7-12(13)14-8-9-15(23-14)17(20)21/h6-10H,3-5H2,1-2H3,(H,18,19)(H,20,21). The number of carboxylic acid groups (broad SMARTS) is 1. The Labute approximate surface area is 134 Å². The van der Waals surface area contributed by atoms with Crippen molar-refractivity contribution < 1.29 is 23.8 Å². The molecule has 0 fully saturated rings. The van der Waals surface area contributed by atoms with Crippen LogP contribution in [0.25, 0.3) is 11.3 Å². The number of amides is 1. The van der Waals surface area contributed by atoms with Crippen LogP contribution in [0.5, 0.6) is 5.75 Å². The number of aromatic carboxylic acids is 1. The number of hydrogen-bond acceptors (Lipinski definition) is 4. The van der Waals surface area contributed by atoms with Gasteiger partial charge in [0.25, 0.3) is 0 Å². The summed E-state index contributed by atoms with van der Waals surface area (Å²) in [6, 6.07) is 8.07. The largest absolute Gasteiger partial charge is 0.497 e. The average Bonchev–Trinajstić information content (AvgIpc) is 3.02. The summed E-state index contributed by atoms with van der Waals surface area (Å²) in [6.45, 7) is 2.01. The van der Waals surface area contributed by atoms with Crippen LogP contribution in [-0.4, -0.2) is 24.1 Å². The van der Waals surface area contributed by atoms with E-state index in [-0.39, 0.29) is 11.7 Å². The molecular weight excluding hydrogens is 298 g/mol. The predicted molar refractivity (Wildman–Crippen MR) is 85.8 cm³/mol. The molecule has 1 aromatic carbocycles. The molecule has 0 atom stereocenters. The molecule has 0 aliphatic rings. The number of hydrogen-bond donors (Lipinski definition) is 2. The lowest BCUT2D eigenvalue weighted by atomic mass is 10.1. The zero-order valence-electron chi connectivity index (χ0n) is 13.1. The molecule has 0 aliphatic heterocycles. The summed E-state index contributed by atoms with van der Waals surface area (Å²) in [5, 5.41) is 11.8. The van der Waals surface area contributed by atoms with Crippen molar-refractivity contribution in [3.05, 3.63) is 36.1 Å². The Morgan fingerprint density at radius 1 is 1.26 bits per heavy atom. The highest BCUT2D eigenvalue weighted by atomic mass is 16.5. The van der Waals surface area contributed by atoms with E-state index in [1.165, 1.54) is 13.2 Å². The number of carbonyl (C=O) groups excluding carboxylic acids is 1. The normalized spacial score (nSPS) is 10.3. The quantitative estimate of drug-likeness (QED) is 0.811. The number of benzene rings is 1. The van der Waals surface area contributed by atoms with Crippen LogP contribution in [0, 0.1) is 0 Å². The van der Waals surface area contributed by atoms with Crippen molar-refractivity contribution >= 4 is 17.6 Å². The fourth-order valence-corrected chi connectivity index (χ4v) is 2.12. The van der Waals surface area contributed by atoms with Gasteiger partial charge in [0.15, 0.2) is 0 Å². The minimum atomic E-state index is -1.14. The summed E-state index contributed by atoms with van der Waals surface area (Å²) in [5.74, 6) is -0.441. The maximum absolute atomic E-state index is 12.0. The second kappa shape index (κ2) is 7.49. The Balaban J connectivity index is 2.33. The average molecular weight is 317 g/mol. The van der Waals surface area contributed by atoms with Gasteiger partial charge in [-0.25, -0.2) is 4.79 Å². The first-order valence-electron chi connectivity index (χ1n) is 7.36. The molecule has 2 rings (SSSR count). The van der Waals surface area contributed by atoms with Crippen LogP contribution in [0.15, 0.2) is 34.7 Å². The molecule has 1 heterocycles. The minimum Gasteiger partial charge on any atom is -0.497 e. The molecule has 6 heteroatoms. The number of furan rings is 1. The second-order valence-corrected chi connectivity index (χ2v) is 5.03. The van der Waals surface area contributed by atoms with Crippen LogP contribution in [0.4, 0.5) is 5.69 Å². The topological polar surface area (TPSA) is 88.8 Å². The lowest BCUT2D eigenvalue weighted by molar-refractivity contribution is -0.116. The SMILES string of the molecule is CCCCC(=O)Nc1cc(OC)ccc1-c1ccc(C(=O)O)o1. The zero-order chi connectivity index (χ0) is 16.8. The third kappa shape index (κ3) is 4.12. The minimum absolute atomic E-state index is 0.105. The molecule has 0 saturated heterocycles. The molecule has 0 radical (unpaired) electrons. The number of methoxy groups -OCH3 is 1. The summed E-state index contributed by atoms with van der Waals surface area (Å²) in [4.78, 5) is 22.9. The van der Waals surface area contributed by atoms with E-state index in [9.17, 15) is 9.59 Å². The maximum atomic E-state index is 12.0. The molecule has 6 nitrogen and oxygen atoms in total. The number of unbranched alkanes of at least 4 members (excludes halogenated alkanes) is 1. The molecule has 1 amide bonds. The highest BCUT2D eigenvalue weighted by Crippen LogP contribution is 2.33. The van der Waals surface area contributed by atoms with E-state index >= 15 is 0 Å². The van der Waals surface area contributed by atoms with E-state index in [4.69, 9.17) is 14.3 Å². The van der Waals surface area contributed by atoms with Gasteiger partial charge in [-0.3, -0.25) is 4.79 Å². The molecule has 23 heavy (non-hydrogen) atoms.